The Morgan fingerprint density at radius 2 is 2.00 bits per heavy atom. The van der Waals surface area contributed by atoms with Crippen molar-refractivity contribution in [3.8, 4) is 11.3 Å². The number of nitrogens with zero attached hydrogens (tertiary/aromatic N) is 6. The summed E-state index contributed by atoms with van der Waals surface area (Å²) in [4.78, 5) is 30.7. The highest BCUT2D eigenvalue weighted by Crippen LogP contribution is 2.39. The Kier molecular flexibility index (Phi) is 4.63. The van der Waals surface area contributed by atoms with Crippen LogP contribution >= 0.6 is 11.3 Å². The molecule has 162 valence electrons. The van der Waals surface area contributed by atoms with Crippen LogP contribution in [0.25, 0.3) is 27.3 Å². The molecule has 1 aliphatic heterocycles. The maximum atomic E-state index is 12.9. The van der Waals surface area contributed by atoms with Crippen molar-refractivity contribution in [2.45, 2.75) is 39.7 Å². The van der Waals surface area contributed by atoms with Crippen molar-refractivity contribution in [3.63, 3.8) is 0 Å². The second-order valence-corrected chi connectivity index (χ2v) is 9.91. The molecule has 8 nitrogen and oxygen atoms in total. The van der Waals surface area contributed by atoms with Gasteiger partial charge in [-0.25, -0.2) is 14.5 Å². The molecule has 0 aromatic carbocycles. The molecule has 0 bridgehead atoms. The molecule has 9 heteroatoms. The topological polar surface area (TPSA) is 82.4 Å². The SMILES string of the molecule is Cc1c(-c2[nH]c3sc(C(=O)N4CC(N(C)C)C4)nc3c2C(C)C)cn2ncnc2c1C. The third-order valence-electron chi connectivity index (χ3n) is 6.43. The summed E-state index contributed by atoms with van der Waals surface area (Å²) < 4.78 is 1.82. The Morgan fingerprint density at radius 3 is 2.68 bits per heavy atom. The lowest BCUT2D eigenvalue weighted by Gasteiger charge is -2.42. The van der Waals surface area contributed by atoms with Gasteiger partial charge in [-0.05, 0) is 45.0 Å². The summed E-state index contributed by atoms with van der Waals surface area (Å²) >= 11 is 1.45. The van der Waals surface area contributed by atoms with E-state index in [0.717, 1.165) is 51.5 Å². The molecular formula is C22H27N7OS. The molecule has 0 atom stereocenters. The van der Waals surface area contributed by atoms with E-state index in [1.165, 1.54) is 16.9 Å². The summed E-state index contributed by atoms with van der Waals surface area (Å²) in [5.41, 5.74) is 7.34. The Labute approximate surface area is 184 Å². The second kappa shape index (κ2) is 7.13. The molecule has 0 saturated carbocycles. The van der Waals surface area contributed by atoms with Crippen LogP contribution in [0.3, 0.4) is 0 Å². The van der Waals surface area contributed by atoms with Crippen molar-refractivity contribution in [2.75, 3.05) is 27.2 Å². The van der Waals surface area contributed by atoms with Crippen LogP contribution in [0.15, 0.2) is 12.5 Å². The van der Waals surface area contributed by atoms with E-state index >= 15 is 0 Å². The minimum atomic E-state index is 0.0278. The van der Waals surface area contributed by atoms with Gasteiger partial charge in [-0.1, -0.05) is 25.2 Å². The molecule has 0 aliphatic carbocycles. The number of likely N-dealkylation sites (tertiary alicyclic amines) is 1. The third kappa shape index (κ3) is 3.06. The van der Waals surface area contributed by atoms with E-state index in [9.17, 15) is 4.79 Å². The van der Waals surface area contributed by atoms with E-state index in [1.54, 1.807) is 6.33 Å². The molecule has 1 saturated heterocycles. The summed E-state index contributed by atoms with van der Waals surface area (Å²) in [6, 6.07) is 0.435. The van der Waals surface area contributed by atoms with E-state index < -0.39 is 0 Å². The van der Waals surface area contributed by atoms with E-state index in [0.29, 0.717) is 11.0 Å². The summed E-state index contributed by atoms with van der Waals surface area (Å²) in [5.74, 6) is 0.280. The Morgan fingerprint density at radius 1 is 1.26 bits per heavy atom. The van der Waals surface area contributed by atoms with Gasteiger partial charge in [-0.15, -0.1) is 0 Å². The van der Waals surface area contributed by atoms with Gasteiger partial charge >= 0.3 is 0 Å². The number of thiazole rings is 1. The molecule has 0 unspecified atom stereocenters. The zero-order valence-corrected chi connectivity index (χ0v) is 19.5. The first kappa shape index (κ1) is 20.1. The van der Waals surface area contributed by atoms with Crippen LogP contribution < -0.4 is 0 Å². The number of hydrogen-bond donors (Lipinski definition) is 1. The number of pyridine rings is 1. The number of nitrogens with one attached hydrogen (secondary N) is 1. The number of amides is 1. The second-order valence-electron chi connectivity index (χ2n) is 8.91. The van der Waals surface area contributed by atoms with Crippen molar-refractivity contribution in [1.82, 2.24) is 34.4 Å². The molecule has 31 heavy (non-hydrogen) atoms. The largest absolute Gasteiger partial charge is 0.345 e. The average Bonchev–Trinajstić information content (AvgIpc) is 3.36. The fourth-order valence-electron chi connectivity index (χ4n) is 4.29. The predicted molar refractivity (Wildman–Crippen MR) is 123 cm³/mol. The number of fused-ring (bicyclic) bond motifs is 2. The molecule has 1 N–H and O–H groups in total. The fraction of sp³-hybridized carbons (Fsp3) is 0.455. The molecular weight excluding hydrogens is 410 g/mol. The average molecular weight is 438 g/mol. The van der Waals surface area contributed by atoms with Gasteiger partial charge in [0.05, 0.1) is 5.69 Å². The first-order valence-corrected chi connectivity index (χ1v) is 11.4. The van der Waals surface area contributed by atoms with Crippen molar-refractivity contribution in [3.05, 3.63) is 34.2 Å². The fourth-order valence-corrected chi connectivity index (χ4v) is 5.24. The monoisotopic (exact) mass is 437 g/mol. The Hall–Kier alpha value is -2.78. The van der Waals surface area contributed by atoms with Crippen LogP contribution in [0.2, 0.25) is 0 Å². The molecule has 0 radical (unpaired) electrons. The van der Waals surface area contributed by atoms with Crippen LogP contribution in [0, 0.1) is 13.8 Å². The maximum absolute atomic E-state index is 12.9. The minimum Gasteiger partial charge on any atom is -0.345 e. The van der Waals surface area contributed by atoms with Gasteiger partial charge in [0, 0.05) is 36.5 Å². The van der Waals surface area contributed by atoms with E-state index in [4.69, 9.17) is 4.98 Å². The zero-order chi connectivity index (χ0) is 22.0. The highest BCUT2D eigenvalue weighted by atomic mass is 32.1. The van der Waals surface area contributed by atoms with Gasteiger partial charge in [0.2, 0.25) is 0 Å². The quantitative estimate of drug-likeness (QED) is 0.529. The van der Waals surface area contributed by atoms with Crippen molar-refractivity contribution >= 4 is 33.2 Å². The molecule has 4 aromatic rings. The first-order chi connectivity index (χ1) is 14.8. The minimum absolute atomic E-state index is 0.0278. The lowest BCUT2D eigenvalue weighted by atomic mass is 9.96. The van der Waals surface area contributed by atoms with Crippen LogP contribution in [-0.2, 0) is 0 Å². The number of likely N-dealkylation sites (N-methyl/N-ethyl adjacent to an activating group) is 1. The molecule has 1 aliphatic rings. The van der Waals surface area contributed by atoms with Crippen LogP contribution in [0.1, 0.15) is 46.3 Å². The molecule has 1 amide bonds. The number of aromatic nitrogens is 5. The third-order valence-corrected chi connectivity index (χ3v) is 7.38. The van der Waals surface area contributed by atoms with Gasteiger partial charge in [-0.3, -0.25) is 4.79 Å². The van der Waals surface area contributed by atoms with Crippen molar-refractivity contribution in [2.24, 2.45) is 0 Å². The van der Waals surface area contributed by atoms with Gasteiger partial charge in [-0.2, -0.15) is 5.10 Å². The number of aryl methyl sites for hydroxylation is 1. The number of carbonyl (C=O) groups excluding carboxylic acids is 1. The van der Waals surface area contributed by atoms with Gasteiger partial charge in [0.15, 0.2) is 10.7 Å². The first-order valence-electron chi connectivity index (χ1n) is 10.5. The summed E-state index contributed by atoms with van der Waals surface area (Å²) in [5, 5.41) is 4.90. The highest BCUT2D eigenvalue weighted by molar-refractivity contribution is 7.20. The predicted octanol–water partition coefficient (Wildman–Crippen LogP) is 3.46. The van der Waals surface area contributed by atoms with Gasteiger partial charge in [0.25, 0.3) is 5.91 Å². The summed E-state index contributed by atoms with van der Waals surface area (Å²) in [7, 11) is 4.10. The Bertz CT molecular complexity index is 1310. The number of rotatable bonds is 4. The van der Waals surface area contributed by atoms with E-state index in [-0.39, 0.29) is 11.8 Å². The molecule has 4 aromatic heterocycles. The van der Waals surface area contributed by atoms with Crippen molar-refractivity contribution < 1.29 is 4.79 Å². The highest BCUT2D eigenvalue weighted by Gasteiger charge is 2.34. The number of H-pyrrole nitrogens is 1. The van der Waals surface area contributed by atoms with Crippen molar-refractivity contribution in [1.29, 1.82) is 0 Å². The standard InChI is InChI=1S/C22H27N7OS/c1-11(2)16-17(15-9-29-19(23-10-24-29)13(4)12(15)3)25-20-18(16)26-21(31-20)22(30)28-7-14(8-28)27(5)6/h9-11,14,25H,7-8H2,1-6H3. The maximum Gasteiger partial charge on any atom is 0.283 e. The van der Waals surface area contributed by atoms with Crippen LogP contribution in [0.4, 0.5) is 0 Å². The van der Waals surface area contributed by atoms with Gasteiger partial charge in [0.1, 0.15) is 16.7 Å². The van der Waals surface area contributed by atoms with E-state index in [1.807, 2.05) is 15.6 Å². The molecule has 1 fully saturated rings. The number of aromatic amines is 1. The normalized spacial score (nSPS) is 15.0. The molecule has 0 spiro atoms. The zero-order valence-electron chi connectivity index (χ0n) is 18.7. The Balaban J connectivity index is 1.57. The smallest absolute Gasteiger partial charge is 0.283 e. The molecule has 5 heterocycles. The number of carbonyl (C=O) groups is 1. The van der Waals surface area contributed by atoms with E-state index in [2.05, 4.69) is 61.8 Å². The van der Waals surface area contributed by atoms with Crippen LogP contribution in [0.5, 0.6) is 0 Å². The van der Waals surface area contributed by atoms with Crippen LogP contribution in [-0.4, -0.2) is 73.5 Å². The summed E-state index contributed by atoms with van der Waals surface area (Å²) in [6.45, 7) is 10.1. The molecule has 5 rings (SSSR count). The van der Waals surface area contributed by atoms with Gasteiger partial charge < -0.3 is 14.8 Å². The lowest BCUT2D eigenvalue weighted by Crippen LogP contribution is -2.59. The number of hydrogen-bond acceptors (Lipinski definition) is 6. The lowest BCUT2D eigenvalue weighted by molar-refractivity contribution is 0.0399. The summed E-state index contributed by atoms with van der Waals surface area (Å²) in [6.07, 6.45) is 3.61.